The zero-order chi connectivity index (χ0) is 18.4. The normalized spacial score (nSPS) is 21.9. The van der Waals surface area contributed by atoms with E-state index in [9.17, 15) is 9.59 Å². The van der Waals surface area contributed by atoms with Gasteiger partial charge in [-0.05, 0) is 46.5 Å². The zero-order valence-electron chi connectivity index (χ0n) is 15.3. The van der Waals surface area contributed by atoms with Crippen molar-refractivity contribution in [2.45, 2.75) is 70.8 Å². The fourth-order valence-electron chi connectivity index (χ4n) is 3.13. The molecule has 0 bridgehead atoms. The molecule has 1 heterocycles. The molecule has 140 valence electrons. The molecule has 1 aliphatic rings. The average molecular weight is 368 g/mol. The van der Waals surface area contributed by atoms with Crippen LogP contribution in [0.5, 0.6) is 0 Å². The molecule has 0 radical (unpaired) electrons. The van der Waals surface area contributed by atoms with Crippen LogP contribution in [0.15, 0.2) is 5.38 Å². The van der Waals surface area contributed by atoms with Crippen LogP contribution in [0.25, 0.3) is 0 Å². The Bertz CT molecular complexity index is 585. The molecule has 1 aromatic rings. The molecule has 0 unspecified atom stereocenters. The molecule has 0 aromatic carbocycles. The summed E-state index contributed by atoms with van der Waals surface area (Å²) in [6.45, 7) is 5.69. The van der Waals surface area contributed by atoms with Crippen molar-refractivity contribution in [1.82, 2.24) is 4.98 Å². The van der Waals surface area contributed by atoms with Gasteiger partial charge >= 0.3 is 5.97 Å². The average Bonchev–Trinajstić information content (AvgIpc) is 2.93. The third-order valence-corrected chi connectivity index (χ3v) is 5.10. The maximum Gasteiger partial charge on any atom is 0.309 e. The van der Waals surface area contributed by atoms with Gasteiger partial charge in [0.1, 0.15) is 5.60 Å². The third-order valence-electron chi connectivity index (χ3n) is 4.32. The predicted octanol–water partition coefficient (Wildman–Crippen LogP) is 3.44. The molecule has 7 heteroatoms. The first-order valence-electron chi connectivity index (χ1n) is 8.96. The standard InChI is InChI=1S/C18H29N3O3S/c1-18(2,3)24-16(23)13-8-4-6-12(7-5-9-13)14-11-25-17(20-14)21-15(22)10-19/h11-13H,4-10,19H2,1-3H3,(H,20,21,22). The van der Waals surface area contributed by atoms with E-state index in [1.165, 1.54) is 11.3 Å². The Labute approximate surface area is 153 Å². The summed E-state index contributed by atoms with van der Waals surface area (Å²) in [5, 5.41) is 5.33. The van der Waals surface area contributed by atoms with Gasteiger partial charge in [-0.3, -0.25) is 9.59 Å². The molecule has 1 saturated carbocycles. The molecule has 25 heavy (non-hydrogen) atoms. The fourth-order valence-corrected chi connectivity index (χ4v) is 3.94. The van der Waals surface area contributed by atoms with Gasteiger partial charge in [0, 0.05) is 11.3 Å². The van der Waals surface area contributed by atoms with Gasteiger partial charge in [-0.25, -0.2) is 4.98 Å². The number of nitrogens with two attached hydrogens (primary N) is 1. The number of ether oxygens (including phenoxy) is 1. The molecule has 0 saturated heterocycles. The smallest absolute Gasteiger partial charge is 0.309 e. The topological polar surface area (TPSA) is 94.3 Å². The summed E-state index contributed by atoms with van der Waals surface area (Å²) in [6, 6.07) is 0. The number of anilines is 1. The van der Waals surface area contributed by atoms with Crippen molar-refractivity contribution in [3.05, 3.63) is 11.1 Å². The van der Waals surface area contributed by atoms with E-state index >= 15 is 0 Å². The number of amides is 1. The van der Waals surface area contributed by atoms with E-state index in [1.807, 2.05) is 26.2 Å². The number of nitrogens with zero attached hydrogens (tertiary/aromatic N) is 1. The van der Waals surface area contributed by atoms with Crippen LogP contribution in [0.1, 0.15) is 70.9 Å². The number of carbonyl (C=O) groups excluding carboxylic acids is 2. The lowest BCUT2D eigenvalue weighted by atomic mass is 9.84. The summed E-state index contributed by atoms with van der Waals surface area (Å²) in [7, 11) is 0. The Morgan fingerprint density at radius 1 is 1.28 bits per heavy atom. The highest BCUT2D eigenvalue weighted by Crippen LogP contribution is 2.34. The van der Waals surface area contributed by atoms with E-state index in [2.05, 4.69) is 10.3 Å². The summed E-state index contributed by atoms with van der Waals surface area (Å²) < 4.78 is 5.54. The minimum absolute atomic E-state index is 0.00927. The van der Waals surface area contributed by atoms with Gasteiger partial charge in [-0.15, -0.1) is 11.3 Å². The number of carbonyl (C=O) groups is 2. The van der Waals surface area contributed by atoms with Crippen LogP contribution >= 0.6 is 11.3 Å². The van der Waals surface area contributed by atoms with Gasteiger partial charge < -0.3 is 15.8 Å². The number of hydrogen-bond acceptors (Lipinski definition) is 6. The van der Waals surface area contributed by atoms with Gasteiger partial charge in [0.2, 0.25) is 5.91 Å². The maximum absolute atomic E-state index is 12.3. The van der Waals surface area contributed by atoms with Crippen molar-refractivity contribution in [3.8, 4) is 0 Å². The molecule has 1 aliphatic carbocycles. The van der Waals surface area contributed by atoms with Crippen molar-refractivity contribution in [2.24, 2.45) is 11.7 Å². The third kappa shape index (κ3) is 6.40. The van der Waals surface area contributed by atoms with Crippen LogP contribution in [0.4, 0.5) is 5.13 Å². The number of hydrogen-bond donors (Lipinski definition) is 2. The van der Waals surface area contributed by atoms with Gasteiger partial charge in [0.05, 0.1) is 18.2 Å². The van der Waals surface area contributed by atoms with Crippen LogP contribution in [-0.4, -0.2) is 29.0 Å². The molecular weight excluding hydrogens is 338 g/mol. The van der Waals surface area contributed by atoms with Crippen LogP contribution in [-0.2, 0) is 14.3 Å². The molecule has 1 amide bonds. The Kier molecular flexibility index (Phi) is 6.95. The van der Waals surface area contributed by atoms with E-state index in [4.69, 9.17) is 10.5 Å². The van der Waals surface area contributed by atoms with Gasteiger partial charge in [0.15, 0.2) is 5.13 Å². The second-order valence-electron chi connectivity index (χ2n) is 7.62. The number of thiazole rings is 1. The first-order valence-corrected chi connectivity index (χ1v) is 9.84. The van der Waals surface area contributed by atoms with Gasteiger partial charge in [-0.1, -0.05) is 12.8 Å². The fraction of sp³-hybridized carbons (Fsp3) is 0.722. The molecular formula is C18H29N3O3S. The Morgan fingerprint density at radius 3 is 2.48 bits per heavy atom. The Hall–Kier alpha value is -1.47. The molecule has 0 atom stereocenters. The van der Waals surface area contributed by atoms with Crippen molar-refractivity contribution in [2.75, 3.05) is 11.9 Å². The van der Waals surface area contributed by atoms with E-state index in [1.54, 1.807) is 0 Å². The number of nitrogens with one attached hydrogen (secondary N) is 1. The van der Waals surface area contributed by atoms with Crippen LogP contribution in [0, 0.1) is 5.92 Å². The van der Waals surface area contributed by atoms with E-state index in [0.717, 1.165) is 44.2 Å². The van der Waals surface area contributed by atoms with E-state index in [-0.39, 0.29) is 24.3 Å². The SMILES string of the molecule is CC(C)(C)OC(=O)C1CCCC(c2csc(NC(=O)CN)n2)CCC1. The van der Waals surface area contributed by atoms with Crippen molar-refractivity contribution >= 4 is 28.3 Å². The van der Waals surface area contributed by atoms with Gasteiger partial charge in [-0.2, -0.15) is 0 Å². The van der Waals surface area contributed by atoms with Crippen molar-refractivity contribution in [1.29, 1.82) is 0 Å². The minimum Gasteiger partial charge on any atom is -0.460 e. The Morgan fingerprint density at radius 2 is 1.92 bits per heavy atom. The lowest BCUT2D eigenvalue weighted by Crippen LogP contribution is -2.29. The predicted molar refractivity (Wildman–Crippen MR) is 99.6 cm³/mol. The summed E-state index contributed by atoms with van der Waals surface area (Å²) in [5.74, 6) is 0.111. The summed E-state index contributed by atoms with van der Waals surface area (Å²) >= 11 is 1.44. The minimum atomic E-state index is -0.424. The second-order valence-corrected chi connectivity index (χ2v) is 8.48. The summed E-state index contributed by atoms with van der Waals surface area (Å²) in [6.07, 6.45) is 5.71. The summed E-state index contributed by atoms with van der Waals surface area (Å²) in [4.78, 5) is 28.2. The highest BCUT2D eigenvalue weighted by atomic mass is 32.1. The van der Waals surface area contributed by atoms with E-state index < -0.39 is 5.60 Å². The number of rotatable bonds is 4. The first-order chi connectivity index (χ1) is 11.8. The quantitative estimate of drug-likeness (QED) is 0.795. The molecule has 0 spiro atoms. The largest absolute Gasteiger partial charge is 0.460 e. The zero-order valence-corrected chi connectivity index (χ0v) is 16.2. The van der Waals surface area contributed by atoms with Crippen molar-refractivity contribution < 1.29 is 14.3 Å². The van der Waals surface area contributed by atoms with Crippen LogP contribution < -0.4 is 11.1 Å². The molecule has 6 nitrogen and oxygen atoms in total. The summed E-state index contributed by atoms with van der Waals surface area (Å²) in [5.41, 5.74) is 5.92. The first kappa shape index (κ1) is 19.8. The van der Waals surface area contributed by atoms with E-state index in [0.29, 0.717) is 11.0 Å². The van der Waals surface area contributed by atoms with Crippen molar-refractivity contribution in [3.63, 3.8) is 0 Å². The molecule has 2 rings (SSSR count). The van der Waals surface area contributed by atoms with Gasteiger partial charge in [0.25, 0.3) is 0 Å². The highest BCUT2D eigenvalue weighted by molar-refractivity contribution is 7.13. The second kappa shape index (κ2) is 8.76. The molecule has 0 aliphatic heterocycles. The number of aromatic nitrogens is 1. The monoisotopic (exact) mass is 367 g/mol. The lowest BCUT2D eigenvalue weighted by molar-refractivity contribution is -0.160. The highest BCUT2D eigenvalue weighted by Gasteiger charge is 2.27. The molecule has 3 N–H and O–H groups in total. The maximum atomic E-state index is 12.3. The lowest BCUT2D eigenvalue weighted by Gasteiger charge is -2.26. The molecule has 1 fully saturated rings. The Balaban J connectivity index is 1.88. The number of esters is 1. The van der Waals surface area contributed by atoms with Crippen LogP contribution in [0.3, 0.4) is 0 Å². The van der Waals surface area contributed by atoms with Crippen LogP contribution in [0.2, 0.25) is 0 Å². The molecule has 1 aromatic heterocycles.